The fourth-order valence-corrected chi connectivity index (χ4v) is 3.93. The van der Waals surface area contributed by atoms with E-state index >= 15 is 0 Å². The Kier molecular flexibility index (Phi) is 4.18. The first-order valence-corrected chi connectivity index (χ1v) is 8.84. The van der Waals surface area contributed by atoms with E-state index in [1.807, 2.05) is 30.3 Å². The van der Waals surface area contributed by atoms with Gasteiger partial charge in [-0.05, 0) is 35.9 Å². The third kappa shape index (κ3) is 3.07. The standard InChI is InChI=1S/C20H15NO4S/c21-19(22)13-5-3-4-12(8-13)10-25-20(23)17-9-14-11-24-16-7-2-1-6-15(16)18(14)26-17/h1-9H,10-11H2,(H2,21,22). The van der Waals surface area contributed by atoms with E-state index in [1.165, 1.54) is 11.3 Å². The Balaban J connectivity index is 1.51. The molecule has 4 rings (SSSR count). The van der Waals surface area contributed by atoms with Crippen LogP contribution < -0.4 is 10.5 Å². The Labute approximate surface area is 154 Å². The molecule has 1 amide bonds. The third-order valence-corrected chi connectivity index (χ3v) is 5.30. The second kappa shape index (κ2) is 6.65. The molecule has 0 aliphatic carbocycles. The molecule has 1 aliphatic rings. The summed E-state index contributed by atoms with van der Waals surface area (Å²) in [6.45, 7) is 0.520. The maximum Gasteiger partial charge on any atom is 0.348 e. The number of carbonyl (C=O) groups excluding carboxylic acids is 2. The first-order valence-electron chi connectivity index (χ1n) is 8.02. The maximum absolute atomic E-state index is 12.4. The van der Waals surface area contributed by atoms with Gasteiger partial charge >= 0.3 is 5.97 Å². The normalized spacial score (nSPS) is 11.8. The van der Waals surface area contributed by atoms with Gasteiger partial charge in [-0.1, -0.05) is 24.3 Å². The molecule has 5 nitrogen and oxygen atoms in total. The number of para-hydroxylation sites is 1. The third-order valence-electron chi connectivity index (χ3n) is 4.11. The minimum absolute atomic E-state index is 0.0790. The topological polar surface area (TPSA) is 78.6 Å². The van der Waals surface area contributed by atoms with Crippen LogP contribution in [0.15, 0.2) is 54.6 Å². The van der Waals surface area contributed by atoms with Crippen molar-refractivity contribution in [3.05, 3.63) is 76.2 Å². The first-order chi connectivity index (χ1) is 12.6. The number of nitrogens with two attached hydrogens (primary N) is 1. The summed E-state index contributed by atoms with van der Waals surface area (Å²) < 4.78 is 11.1. The Morgan fingerprint density at radius 2 is 1.96 bits per heavy atom. The highest BCUT2D eigenvalue weighted by molar-refractivity contribution is 7.17. The number of esters is 1. The summed E-state index contributed by atoms with van der Waals surface area (Å²) in [5.41, 5.74) is 8.34. The molecule has 1 aliphatic heterocycles. The molecular formula is C20H15NO4S. The maximum atomic E-state index is 12.4. The number of carbonyl (C=O) groups is 2. The van der Waals surface area contributed by atoms with Gasteiger partial charge in [0.2, 0.25) is 5.91 Å². The molecule has 26 heavy (non-hydrogen) atoms. The summed E-state index contributed by atoms with van der Waals surface area (Å²) >= 11 is 1.40. The number of rotatable bonds is 4. The molecule has 2 N–H and O–H groups in total. The second-order valence-corrected chi connectivity index (χ2v) is 6.94. The van der Waals surface area contributed by atoms with E-state index in [9.17, 15) is 9.59 Å². The summed E-state index contributed by atoms with van der Waals surface area (Å²) in [5, 5.41) is 0. The zero-order chi connectivity index (χ0) is 18.1. The van der Waals surface area contributed by atoms with Crippen molar-refractivity contribution in [2.45, 2.75) is 13.2 Å². The van der Waals surface area contributed by atoms with E-state index in [0.29, 0.717) is 22.6 Å². The number of benzene rings is 2. The van der Waals surface area contributed by atoms with Crippen molar-refractivity contribution in [1.82, 2.24) is 0 Å². The summed E-state index contributed by atoms with van der Waals surface area (Å²) in [6.07, 6.45) is 0. The first kappa shape index (κ1) is 16.4. The van der Waals surface area contributed by atoms with E-state index in [4.69, 9.17) is 15.2 Å². The van der Waals surface area contributed by atoms with Gasteiger partial charge in [-0.25, -0.2) is 4.79 Å². The Morgan fingerprint density at radius 3 is 2.81 bits per heavy atom. The average molecular weight is 365 g/mol. The summed E-state index contributed by atoms with van der Waals surface area (Å²) in [6, 6.07) is 16.3. The molecule has 6 heteroatoms. The Hall–Kier alpha value is -3.12. The van der Waals surface area contributed by atoms with Crippen LogP contribution in [0.25, 0.3) is 10.4 Å². The fraction of sp³-hybridized carbons (Fsp3) is 0.100. The predicted molar refractivity (Wildman–Crippen MR) is 98.2 cm³/mol. The summed E-state index contributed by atoms with van der Waals surface area (Å²) in [4.78, 5) is 25.2. The van der Waals surface area contributed by atoms with Crippen molar-refractivity contribution in [2.24, 2.45) is 5.73 Å². The van der Waals surface area contributed by atoms with Gasteiger partial charge in [0, 0.05) is 21.6 Å². The molecule has 0 radical (unpaired) electrons. The minimum atomic E-state index is -0.511. The molecule has 1 aromatic heterocycles. The van der Waals surface area contributed by atoms with Crippen LogP contribution in [0.2, 0.25) is 0 Å². The lowest BCUT2D eigenvalue weighted by Crippen LogP contribution is -2.11. The van der Waals surface area contributed by atoms with Crippen molar-refractivity contribution in [3.63, 3.8) is 0 Å². The molecule has 0 saturated carbocycles. The van der Waals surface area contributed by atoms with Crippen LogP contribution in [-0.2, 0) is 18.0 Å². The highest BCUT2D eigenvalue weighted by atomic mass is 32.1. The number of thiophene rings is 1. The monoisotopic (exact) mass is 365 g/mol. The van der Waals surface area contributed by atoms with E-state index in [1.54, 1.807) is 24.3 Å². The highest BCUT2D eigenvalue weighted by Gasteiger charge is 2.23. The Bertz CT molecular complexity index is 1010. The molecule has 0 saturated heterocycles. The van der Waals surface area contributed by atoms with E-state index in [2.05, 4.69) is 0 Å². The van der Waals surface area contributed by atoms with Gasteiger partial charge in [-0.15, -0.1) is 11.3 Å². The molecular weight excluding hydrogens is 350 g/mol. The molecule has 0 spiro atoms. The van der Waals surface area contributed by atoms with Gasteiger partial charge in [0.05, 0.1) is 0 Å². The van der Waals surface area contributed by atoms with Gasteiger partial charge < -0.3 is 15.2 Å². The largest absolute Gasteiger partial charge is 0.488 e. The van der Waals surface area contributed by atoms with Crippen molar-refractivity contribution in [1.29, 1.82) is 0 Å². The SMILES string of the molecule is NC(=O)c1cccc(COC(=O)c2cc3c(s2)-c2ccccc2OC3)c1. The van der Waals surface area contributed by atoms with Crippen LogP contribution in [-0.4, -0.2) is 11.9 Å². The molecule has 3 aromatic rings. The molecule has 0 unspecified atom stereocenters. The van der Waals surface area contributed by atoms with Crippen molar-refractivity contribution in [2.75, 3.05) is 0 Å². The average Bonchev–Trinajstić information content (AvgIpc) is 3.11. The molecule has 0 atom stereocenters. The van der Waals surface area contributed by atoms with E-state index < -0.39 is 11.9 Å². The quantitative estimate of drug-likeness (QED) is 0.714. The van der Waals surface area contributed by atoms with Gasteiger partial charge in [-0.2, -0.15) is 0 Å². The smallest absolute Gasteiger partial charge is 0.348 e. The van der Waals surface area contributed by atoms with Crippen molar-refractivity contribution < 1.29 is 19.1 Å². The van der Waals surface area contributed by atoms with Crippen LogP contribution in [0.4, 0.5) is 0 Å². The van der Waals surface area contributed by atoms with Crippen LogP contribution in [0.1, 0.15) is 31.2 Å². The van der Waals surface area contributed by atoms with E-state index in [0.717, 1.165) is 21.8 Å². The number of primary amides is 1. The Morgan fingerprint density at radius 1 is 1.12 bits per heavy atom. The number of ether oxygens (including phenoxy) is 2. The van der Waals surface area contributed by atoms with Crippen LogP contribution >= 0.6 is 11.3 Å². The van der Waals surface area contributed by atoms with Crippen LogP contribution in [0.3, 0.4) is 0 Å². The lowest BCUT2D eigenvalue weighted by molar-refractivity contribution is 0.0478. The fourth-order valence-electron chi connectivity index (χ4n) is 2.83. The second-order valence-electron chi connectivity index (χ2n) is 5.89. The van der Waals surface area contributed by atoms with Crippen LogP contribution in [0, 0.1) is 0 Å². The zero-order valence-corrected chi connectivity index (χ0v) is 14.5. The highest BCUT2D eigenvalue weighted by Crippen LogP contribution is 2.42. The lowest BCUT2D eigenvalue weighted by Gasteiger charge is -2.16. The predicted octanol–water partition coefficient (Wildman–Crippen LogP) is 3.76. The number of fused-ring (bicyclic) bond motifs is 3. The van der Waals surface area contributed by atoms with Crippen LogP contribution in [0.5, 0.6) is 5.75 Å². The minimum Gasteiger partial charge on any atom is -0.488 e. The lowest BCUT2D eigenvalue weighted by atomic mass is 10.1. The molecule has 0 fully saturated rings. The molecule has 130 valence electrons. The molecule has 2 heterocycles. The van der Waals surface area contributed by atoms with Crippen molar-refractivity contribution in [3.8, 4) is 16.2 Å². The van der Waals surface area contributed by atoms with Gasteiger partial charge in [0.25, 0.3) is 0 Å². The van der Waals surface area contributed by atoms with Crippen molar-refractivity contribution >= 4 is 23.2 Å². The molecule has 2 aromatic carbocycles. The van der Waals surface area contributed by atoms with Gasteiger partial charge in [0.1, 0.15) is 23.8 Å². The van der Waals surface area contributed by atoms with Gasteiger partial charge in [-0.3, -0.25) is 4.79 Å². The zero-order valence-electron chi connectivity index (χ0n) is 13.7. The number of hydrogen-bond acceptors (Lipinski definition) is 5. The van der Waals surface area contributed by atoms with Gasteiger partial charge in [0.15, 0.2) is 0 Å². The summed E-state index contributed by atoms with van der Waals surface area (Å²) in [7, 11) is 0. The molecule has 0 bridgehead atoms. The summed E-state index contributed by atoms with van der Waals surface area (Å²) in [5.74, 6) is -0.0841. The number of hydrogen-bond donors (Lipinski definition) is 1. The number of amides is 1. The van der Waals surface area contributed by atoms with E-state index in [-0.39, 0.29) is 6.61 Å².